The second kappa shape index (κ2) is 6.63. The summed E-state index contributed by atoms with van der Waals surface area (Å²) in [5.41, 5.74) is 6.65. The van der Waals surface area contributed by atoms with Gasteiger partial charge < -0.3 is 15.6 Å². The molecule has 27 heavy (non-hydrogen) atoms. The smallest absolute Gasteiger partial charge is 0.351 e. The van der Waals surface area contributed by atoms with Crippen LogP contribution in [0.25, 0.3) is 0 Å². The predicted molar refractivity (Wildman–Crippen MR) is 91.0 cm³/mol. The van der Waals surface area contributed by atoms with Crippen molar-refractivity contribution in [3.8, 4) is 0 Å². The van der Waals surface area contributed by atoms with Gasteiger partial charge in [0.1, 0.15) is 18.0 Å². The Labute approximate surface area is 153 Å². The molecule has 1 fully saturated rings. The quantitative estimate of drug-likeness (QED) is 0.783. The third kappa shape index (κ3) is 3.20. The zero-order chi connectivity index (χ0) is 19.2. The maximum Gasteiger partial charge on any atom is 0.351 e. The SMILES string of the molecule is Nc1ccn([C@@H]2O[C@H](CN3CCc4cnccc4C3)[C@@H](O)C2(F)F)c(=O)n1. The molecule has 8 nitrogen and oxygen atoms in total. The molecule has 4 rings (SSSR count). The summed E-state index contributed by atoms with van der Waals surface area (Å²) in [5.74, 6) is -3.71. The summed E-state index contributed by atoms with van der Waals surface area (Å²) in [6.07, 6.45) is 0.227. The molecule has 0 aliphatic carbocycles. The molecule has 4 heterocycles. The lowest BCUT2D eigenvalue weighted by atomic mass is 10.0. The summed E-state index contributed by atoms with van der Waals surface area (Å²) in [5, 5.41) is 10.1. The fraction of sp³-hybridized carbons (Fsp3) is 0.471. The number of hydrogen-bond donors (Lipinski definition) is 2. The Balaban J connectivity index is 1.52. The van der Waals surface area contributed by atoms with Gasteiger partial charge in [-0.15, -0.1) is 0 Å². The number of aromatic nitrogens is 3. The average molecular weight is 379 g/mol. The summed E-state index contributed by atoms with van der Waals surface area (Å²) in [6.45, 7) is 1.32. The van der Waals surface area contributed by atoms with Gasteiger partial charge in [0.2, 0.25) is 6.23 Å². The summed E-state index contributed by atoms with van der Waals surface area (Å²) in [7, 11) is 0. The number of nitrogens with two attached hydrogens (primary N) is 1. The van der Waals surface area contributed by atoms with Gasteiger partial charge in [-0.05, 0) is 29.7 Å². The topological polar surface area (TPSA) is 107 Å². The molecule has 3 atom stereocenters. The molecular weight excluding hydrogens is 360 g/mol. The molecule has 0 aromatic carbocycles. The minimum atomic E-state index is -3.64. The van der Waals surface area contributed by atoms with Gasteiger partial charge in [0, 0.05) is 38.2 Å². The molecule has 10 heteroatoms. The molecule has 0 unspecified atom stereocenters. The van der Waals surface area contributed by atoms with Gasteiger partial charge in [-0.1, -0.05) is 0 Å². The number of ether oxygens (including phenoxy) is 1. The number of aliphatic hydroxyl groups is 1. The van der Waals surface area contributed by atoms with Crippen LogP contribution in [0.4, 0.5) is 14.6 Å². The van der Waals surface area contributed by atoms with Gasteiger partial charge in [-0.2, -0.15) is 13.8 Å². The highest BCUT2D eigenvalue weighted by Gasteiger charge is 2.59. The van der Waals surface area contributed by atoms with Crippen molar-refractivity contribution in [3.63, 3.8) is 0 Å². The number of rotatable bonds is 3. The molecule has 0 bridgehead atoms. The molecular formula is C17H19F2N5O3. The van der Waals surface area contributed by atoms with Gasteiger partial charge in [0.25, 0.3) is 0 Å². The van der Waals surface area contributed by atoms with E-state index >= 15 is 0 Å². The van der Waals surface area contributed by atoms with E-state index in [0.29, 0.717) is 17.7 Å². The Hall–Kier alpha value is -2.43. The van der Waals surface area contributed by atoms with Crippen LogP contribution in [0.15, 0.2) is 35.5 Å². The van der Waals surface area contributed by atoms with Gasteiger partial charge in [0.15, 0.2) is 0 Å². The van der Waals surface area contributed by atoms with Gasteiger partial charge in [-0.3, -0.25) is 14.5 Å². The monoisotopic (exact) mass is 379 g/mol. The zero-order valence-corrected chi connectivity index (χ0v) is 14.3. The lowest BCUT2D eigenvalue weighted by Gasteiger charge is -2.30. The Kier molecular flexibility index (Phi) is 4.41. The van der Waals surface area contributed by atoms with Crippen LogP contribution in [0.3, 0.4) is 0 Å². The normalized spacial score (nSPS) is 27.4. The number of anilines is 1. The molecule has 0 amide bonds. The Bertz CT molecular complexity index is 906. The number of alkyl halides is 2. The van der Waals surface area contributed by atoms with Crippen LogP contribution in [0.2, 0.25) is 0 Å². The van der Waals surface area contributed by atoms with Crippen molar-refractivity contribution in [2.24, 2.45) is 0 Å². The molecule has 2 aliphatic rings. The number of nitrogen functional groups attached to an aromatic ring is 1. The van der Waals surface area contributed by atoms with Crippen molar-refractivity contribution >= 4 is 5.82 Å². The number of fused-ring (bicyclic) bond motifs is 1. The first-order valence-electron chi connectivity index (χ1n) is 8.56. The lowest BCUT2D eigenvalue weighted by molar-refractivity contribution is -0.140. The van der Waals surface area contributed by atoms with Crippen molar-refractivity contribution in [2.45, 2.75) is 37.3 Å². The third-order valence-corrected chi connectivity index (χ3v) is 5.02. The predicted octanol–water partition coefficient (Wildman–Crippen LogP) is 0.172. The number of pyridine rings is 1. The number of aliphatic hydroxyl groups excluding tert-OH is 1. The van der Waals surface area contributed by atoms with Crippen molar-refractivity contribution in [2.75, 3.05) is 18.8 Å². The van der Waals surface area contributed by atoms with E-state index < -0.39 is 30.0 Å². The first-order valence-corrected chi connectivity index (χ1v) is 8.56. The van der Waals surface area contributed by atoms with Crippen LogP contribution >= 0.6 is 0 Å². The molecule has 1 saturated heterocycles. The minimum absolute atomic E-state index is 0.0730. The Morgan fingerprint density at radius 3 is 2.96 bits per heavy atom. The summed E-state index contributed by atoms with van der Waals surface area (Å²) in [6, 6.07) is 3.13. The van der Waals surface area contributed by atoms with Crippen LogP contribution in [-0.4, -0.2) is 55.8 Å². The van der Waals surface area contributed by atoms with Gasteiger partial charge in [-0.25, -0.2) is 4.79 Å². The van der Waals surface area contributed by atoms with E-state index in [4.69, 9.17) is 10.5 Å². The second-order valence-corrected chi connectivity index (χ2v) is 6.82. The summed E-state index contributed by atoms with van der Waals surface area (Å²) >= 11 is 0. The molecule has 2 aliphatic heterocycles. The van der Waals surface area contributed by atoms with E-state index in [0.717, 1.165) is 23.7 Å². The van der Waals surface area contributed by atoms with Crippen molar-refractivity contribution in [1.29, 1.82) is 0 Å². The molecule has 0 radical (unpaired) electrons. The van der Waals surface area contributed by atoms with E-state index in [-0.39, 0.29) is 12.4 Å². The fourth-order valence-electron chi connectivity index (χ4n) is 3.57. The summed E-state index contributed by atoms with van der Waals surface area (Å²) < 4.78 is 35.3. The van der Waals surface area contributed by atoms with Crippen molar-refractivity contribution in [1.82, 2.24) is 19.4 Å². The van der Waals surface area contributed by atoms with E-state index in [1.807, 2.05) is 11.0 Å². The van der Waals surface area contributed by atoms with Crippen LogP contribution in [-0.2, 0) is 17.7 Å². The number of halogens is 2. The average Bonchev–Trinajstić information content (AvgIpc) is 2.85. The molecule has 0 saturated carbocycles. The van der Waals surface area contributed by atoms with Crippen LogP contribution in [0, 0.1) is 0 Å². The highest BCUT2D eigenvalue weighted by molar-refractivity contribution is 5.26. The van der Waals surface area contributed by atoms with E-state index in [1.165, 1.54) is 6.07 Å². The van der Waals surface area contributed by atoms with Gasteiger partial charge in [0.05, 0.1) is 0 Å². The maximum absolute atomic E-state index is 14.6. The highest BCUT2D eigenvalue weighted by Crippen LogP contribution is 2.42. The number of nitrogens with zero attached hydrogens (tertiary/aromatic N) is 4. The minimum Gasteiger partial charge on any atom is -0.384 e. The van der Waals surface area contributed by atoms with E-state index in [2.05, 4.69) is 9.97 Å². The van der Waals surface area contributed by atoms with Crippen LogP contribution in [0.1, 0.15) is 17.4 Å². The molecule has 2 aromatic heterocycles. The maximum atomic E-state index is 14.6. The van der Waals surface area contributed by atoms with Crippen LogP contribution < -0.4 is 11.4 Å². The molecule has 3 N–H and O–H groups in total. The zero-order valence-electron chi connectivity index (χ0n) is 14.3. The van der Waals surface area contributed by atoms with E-state index in [1.54, 1.807) is 12.4 Å². The van der Waals surface area contributed by atoms with Gasteiger partial charge >= 0.3 is 11.6 Å². The third-order valence-electron chi connectivity index (χ3n) is 5.02. The van der Waals surface area contributed by atoms with Crippen molar-refractivity contribution < 1.29 is 18.6 Å². The summed E-state index contributed by atoms with van der Waals surface area (Å²) in [4.78, 5) is 21.4. The Morgan fingerprint density at radius 2 is 2.19 bits per heavy atom. The van der Waals surface area contributed by atoms with Crippen molar-refractivity contribution in [3.05, 3.63) is 52.3 Å². The lowest BCUT2D eigenvalue weighted by Crippen LogP contribution is -2.44. The Morgan fingerprint density at radius 1 is 1.37 bits per heavy atom. The standard InChI is InChI=1S/C17H19F2N5O3/c18-17(19)14(25)12(27-15(17)24-6-3-13(20)22-16(24)26)9-23-5-2-10-7-21-4-1-11(10)8-23/h1,3-4,6-7,12,14-15,25H,2,5,8-9H2,(H2,20,22,26)/t12-,14-,15-/m1/s1. The largest absolute Gasteiger partial charge is 0.384 e. The molecule has 144 valence electrons. The fourth-order valence-corrected chi connectivity index (χ4v) is 3.57. The highest BCUT2D eigenvalue weighted by atomic mass is 19.3. The first-order chi connectivity index (χ1) is 12.9. The first kappa shape index (κ1) is 18.0. The van der Waals surface area contributed by atoms with E-state index in [9.17, 15) is 18.7 Å². The number of hydrogen-bond acceptors (Lipinski definition) is 7. The van der Waals surface area contributed by atoms with Crippen LogP contribution in [0.5, 0.6) is 0 Å². The second-order valence-electron chi connectivity index (χ2n) is 6.82. The molecule has 0 spiro atoms. The molecule has 2 aromatic rings.